The molecule has 0 aliphatic carbocycles. The summed E-state index contributed by atoms with van der Waals surface area (Å²) in [5.74, 6) is -0.845. The Morgan fingerprint density at radius 1 is 0.517 bits per heavy atom. The first-order valence-electron chi connectivity index (χ1n) is 24.0. The summed E-state index contributed by atoms with van der Waals surface area (Å²) in [7, 11) is -4.38. The fraction of sp³-hybridized carbons (Fsp3) is 0.833. The average molecular weight is 840 g/mol. The molecule has 0 spiro atoms. The summed E-state index contributed by atoms with van der Waals surface area (Å²) in [6.07, 6.45) is 50.3. The van der Waals surface area contributed by atoms with Crippen LogP contribution in [-0.4, -0.2) is 49.3 Å². The molecule has 0 aliphatic rings. The van der Waals surface area contributed by atoms with Crippen LogP contribution in [0.1, 0.15) is 226 Å². The summed E-state index contributed by atoms with van der Waals surface area (Å²) >= 11 is 0. The number of esters is 2. The van der Waals surface area contributed by atoms with E-state index in [9.17, 15) is 19.0 Å². The minimum Gasteiger partial charge on any atom is -0.462 e. The average Bonchev–Trinajstić information content (AvgIpc) is 3.21. The van der Waals surface area contributed by atoms with Crippen molar-refractivity contribution in [2.75, 3.05) is 26.4 Å². The maximum absolute atomic E-state index is 12.6. The summed E-state index contributed by atoms with van der Waals surface area (Å²) in [5, 5.41) is 0. The summed E-state index contributed by atoms with van der Waals surface area (Å²) in [5.41, 5.74) is 5.36. The van der Waals surface area contributed by atoms with Gasteiger partial charge in [0.25, 0.3) is 0 Å². The molecule has 9 nitrogen and oxygen atoms in total. The van der Waals surface area contributed by atoms with Gasteiger partial charge in [-0.25, -0.2) is 4.57 Å². The first kappa shape index (κ1) is 56.2. The van der Waals surface area contributed by atoms with Gasteiger partial charge in [-0.15, -0.1) is 0 Å². The minimum absolute atomic E-state index is 0.0509. The molecule has 0 saturated heterocycles. The van der Waals surface area contributed by atoms with Crippen LogP contribution < -0.4 is 5.73 Å². The summed E-state index contributed by atoms with van der Waals surface area (Å²) in [6.45, 7) is 3.71. The molecule has 0 aliphatic heterocycles. The van der Waals surface area contributed by atoms with Gasteiger partial charge in [-0.1, -0.05) is 198 Å². The van der Waals surface area contributed by atoms with Crippen LogP contribution in [0.25, 0.3) is 0 Å². The molecular weight excluding hydrogens is 750 g/mol. The third-order valence-electron chi connectivity index (χ3n) is 10.3. The number of carbonyl (C=O) groups excluding carboxylic acids is 2. The van der Waals surface area contributed by atoms with Crippen LogP contribution in [0.3, 0.4) is 0 Å². The van der Waals surface area contributed by atoms with Gasteiger partial charge in [-0.05, 0) is 51.4 Å². The monoisotopic (exact) mass is 840 g/mol. The smallest absolute Gasteiger partial charge is 0.462 e. The lowest BCUT2D eigenvalue weighted by Gasteiger charge is -2.19. The highest BCUT2D eigenvalue weighted by atomic mass is 31.2. The number of unbranched alkanes of at least 4 members (excludes halogenated alkanes) is 26. The lowest BCUT2D eigenvalue weighted by Crippen LogP contribution is -2.29. The van der Waals surface area contributed by atoms with Gasteiger partial charge in [-0.3, -0.25) is 18.6 Å². The molecule has 0 aromatic rings. The van der Waals surface area contributed by atoms with E-state index in [4.69, 9.17) is 24.3 Å². The van der Waals surface area contributed by atoms with Crippen molar-refractivity contribution in [1.82, 2.24) is 0 Å². The van der Waals surface area contributed by atoms with Gasteiger partial charge in [0.15, 0.2) is 6.10 Å². The molecule has 0 rings (SSSR count). The maximum atomic E-state index is 12.6. The normalized spacial score (nSPS) is 13.5. The largest absolute Gasteiger partial charge is 0.472 e. The number of nitrogens with two attached hydrogens (primary N) is 1. The Hall–Kier alpha value is -1.77. The molecule has 1 unspecified atom stereocenters. The van der Waals surface area contributed by atoms with Gasteiger partial charge < -0.3 is 20.1 Å². The van der Waals surface area contributed by atoms with Crippen LogP contribution in [0.5, 0.6) is 0 Å². The van der Waals surface area contributed by atoms with Gasteiger partial charge in [0.05, 0.1) is 13.2 Å². The van der Waals surface area contributed by atoms with E-state index in [1.54, 1.807) is 0 Å². The van der Waals surface area contributed by atoms with Crippen molar-refractivity contribution in [1.29, 1.82) is 0 Å². The zero-order valence-corrected chi connectivity index (χ0v) is 38.4. The minimum atomic E-state index is -4.38. The van der Waals surface area contributed by atoms with E-state index in [0.717, 1.165) is 51.4 Å². The molecule has 58 heavy (non-hydrogen) atoms. The van der Waals surface area contributed by atoms with E-state index in [1.165, 1.54) is 135 Å². The number of rotatable bonds is 45. The quantitative estimate of drug-likeness (QED) is 0.0266. The van der Waals surface area contributed by atoms with Crippen molar-refractivity contribution < 1.29 is 37.6 Å². The van der Waals surface area contributed by atoms with Crippen LogP contribution in [0, 0.1) is 0 Å². The zero-order valence-electron chi connectivity index (χ0n) is 37.5. The molecule has 0 radical (unpaired) electrons. The second kappa shape index (κ2) is 44.8. The molecule has 0 fully saturated rings. The number of ether oxygens (including phenoxy) is 2. The molecular formula is C48H90NO8P. The molecule has 0 saturated carbocycles. The second-order valence-corrected chi connectivity index (χ2v) is 17.4. The molecule has 3 N–H and O–H groups in total. The Balaban J connectivity index is 4.10. The first-order valence-corrected chi connectivity index (χ1v) is 25.5. The molecule has 0 bridgehead atoms. The van der Waals surface area contributed by atoms with E-state index in [-0.39, 0.29) is 32.6 Å². The molecule has 0 heterocycles. The predicted octanol–water partition coefficient (Wildman–Crippen LogP) is 14.1. The first-order chi connectivity index (χ1) is 28.3. The number of carbonyl (C=O) groups is 2. The molecule has 0 aromatic carbocycles. The van der Waals surface area contributed by atoms with E-state index < -0.39 is 32.5 Å². The van der Waals surface area contributed by atoms with Gasteiger partial charge in [-0.2, -0.15) is 0 Å². The highest BCUT2D eigenvalue weighted by Crippen LogP contribution is 2.43. The van der Waals surface area contributed by atoms with Crippen molar-refractivity contribution >= 4 is 19.8 Å². The van der Waals surface area contributed by atoms with E-state index in [1.807, 2.05) is 0 Å². The lowest BCUT2D eigenvalue weighted by molar-refractivity contribution is -0.161. The molecule has 0 amide bonds. The fourth-order valence-electron chi connectivity index (χ4n) is 6.70. The third-order valence-corrected chi connectivity index (χ3v) is 11.3. The second-order valence-electron chi connectivity index (χ2n) is 16.0. The number of phosphoric acid groups is 1. The van der Waals surface area contributed by atoms with Crippen LogP contribution in [0.2, 0.25) is 0 Å². The van der Waals surface area contributed by atoms with Crippen molar-refractivity contribution in [3.63, 3.8) is 0 Å². The van der Waals surface area contributed by atoms with Crippen LogP contribution in [-0.2, 0) is 32.7 Å². The topological polar surface area (TPSA) is 134 Å². The maximum Gasteiger partial charge on any atom is 0.472 e. The van der Waals surface area contributed by atoms with E-state index in [0.29, 0.717) is 12.8 Å². The summed E-state index contributed by atoms with van der Waals surface area (Å²) in [4.78, 5) is 35.0. The fourth-order valence-corrected chi connectivity index (χ4v) is 7.47. The molecule has 0 aromatic heterocycles. The summed E-state index contributed by atoms with van der Waals surface area (Å²) in [6, 6.07) is 0. The third kappa shape index (κ3) is 43.8. The Kier molecular flexibility index (Phi) is 43.4. The van der Waals surface area contributed by atoms with Crippen molar-refractivity contribution in [3.05, 3.63) is 36.5 Å². The Morgan fingerprint density at radius 2 is 0.897 bits per heavy atom. The predicted molar refractivity (Wildman–Crippen MR) is 243 cm³/mol. The van der Waals surface area contributed by atoms with Crippen molar-refractivity contribution in [2.45, 2.75) is 232 Å². The highest BCUT2D eigenvalue weighted by Gasteiger charge is 2.26. The van der Waals surface area contributed by atoms with Crippen molar-refractivity contribution in [3.8, 4) is 0 Å². The van der Waals surface area contributed by atoms with Gasteiger partial charge >= 0.3 is 19.8 Å². The van der Waals surface area contributed by atoms with Crippen LogP contribution in [0.4, 0.5) is 0 Å². The number of phosphoric ester groups is 1. The van der Waals surface area contributed by atoms with E-state index >= 15 is 0 Å². The van der Waals surface area contributed by atoms with Gasteiger partial charge in [0.2, 0.25) is 0 Å². The van der Waals surface area contributed by atoms with Gasteiger partial charge in [0.1, 0.15) is 6.61 Å². The lowest BCUT2D eigenvalue weighted by atomic mass is 10.0. The highest BCUT2D eigenvalue weighted by molar-refractivity contribution is 7.47. The molecule has 2 atom stereocenters. The zero-order chi connectivity index (χ0) is 42.5. The Bertz CT molecular complexity index is 1050. The van der Waals surface area contributed by atoms with E-state index in [2.05, 4.69) is 50.3 Å². The molecule has 10 heteroatoms. The molecule has 340 valence electrons. The standard InChI is InChI=1S/C48H90NO8P/c1-3-5-7-9-11-13-15-17-19-21-22-23-25-27-29-31-33-35-37-39-41-48(51)57-46(45-56-58(52,53)55-43-42-49)44-54-47(50)40-38-36-34-32-30-28-26-24-20-18-16-14-12-10-8-6-4-2/h12,14,18,20,26,28,46H,3-11,13,15-17,19,21-25,27,29-45,49H2,1-2H3,(H,52,53)/b14-12+,20-18+,28-26+/t46-/m1/s1. The Labute approximate surface area is 356 Å². The number of hydrogen-bond donors (Lipinski definition) is 2. The van der Waals surface area contributed by atoms with Crippen molar-refractivity contribution in [2.24, 2.45) is 5.73 Å². The van der Waals surface area contributed by atoms with Gasteiger partial charge in [0, 0.05) is 19.4 Å². The van der Waals surface area contributed by atoms with Crippen LogP contribution >= 0.6 is 7.82 Å². The number of allylic oxidation sites excluding steroid dienone is 6. The SMILES string of the molecule is CCCCC/C=C/C/C=C/C/C=C/CCCCCCC(=O)OC[C@H](COP(=O)(O)OCCN)OC(=O)CCCCCCCCCCCCCCCCCCCCCC. The summed E-state index contributed by atoms with van der Waals surface area (Å²) < 4.78 is 32.8. The number of hydrogen-bond acceptors (Lipinski definition) is 8. The Morgan fingerprint density at radius 3 is 1.36 bits per heavy atom. The van der Waals surface area contributed by atoms with Crippen LogP contribution in [0.15, 0.2) is 36.5 Å².